The molecule has 0 unspecified atom stereocenters. The molecule has 0 aliphatic rings. The minimum atomic E-state index is -3.76. The Morgan fingerprint density at radius 1 is 1.40 bits per heavy atom. The van der Waals surface area contributed by atoms with E-state index in [0.717, 1.165) is 0 Å². The highest BCUT2D eigenvalue weighted by atomic mass is 79.9. The minimum absolute atomic E-state index is 0.101. The van der Waals surface area contributed by atoms with Gasteiger partial charge in [-0.25, -0.2) is 8.42 Å². The molecule has 0 spiro atoms. The maximum Gasteiger partial charge on any atom is 0.323 e. The zero-order valence-electron chi connectivity index (χ0n) is 11.6. The van der Waals surface area contributed by atoms with Gasteiger partial charge < -0.3 is 4.74 Å². The van der Waals surface area contributed by atoms with Crippen LogP contribution in [0.15, 0.2) is 33.6 Å². The summed E-state index contributed by atoms with van der Waals surface area (Å²) in [4.78, 5) is 11.8. The Morgan fingerprint density at radius 2 is 2.05 bits per heavy atom. The summed E-state index contributed by atoms with van der Waals surface area (Å²) >= 11 is 3.22. The van der Waals surface area contributed by atoms with Gasteiger partial charge in [-0.2, -0.15) is 4.72 Å². The van der Waals surface area contributed by atoms with Crippen LogP contribution in [-0.2, 0) is 19.6 Å². The first-order chi connectivity index (χ1) is 9.26. The largest absolute Gasteiger partial charge is 0.468 e. The van der Waals surface area contributed by atoms with E-state index in [1.807, 2.05) is 13.8 Å². The lowest BCUT2D eigenvalue weighted by Crippen LogP contribution is -2.42. The first-order valence-electron chi connectivity index (χ1n) is 6.12. The Labute approximate surface area is 127 Å². The van der Waals surface area contributed by atoms with Crippen LogP contribution >= 0.6 is 15.9 Å². The maximum atomic E-state index is 12.3. The molecule has 0 fully saturated rings. The van der Waals surface area contributed by atoms with Gasteiger partial charge >= 0.3 is 5.97 Å². The van der Waals surface area contributed by atoms with Crippen LogP contribution in [0.3, 0.4) is 0 Å². The summed E-state index contributed by atoms with van der Waals surface area (Å²) in [6, 6.07) is 5.41. The molecule has 0 amide bonds. The summed E-state index contributed by atoms with van der Waals surface area (Å²) in [6.45, 7) is 3.81. The highest BCUT2D eigenvalue weighted by molar-refractivity contribution is 9.10. The van der Waals surface area contributed by atoms with Crippen molar-refractivity contribution in [1.29, 1.82) is 0 Å². The van der Waals surface area contributed by atoms with Gasteiger partial charge in [0.15, 0.2) is 0 Å². The van der Waals surface area contributed by atoms with E-state index in [9.17, 15) is 13.2 Å². The highest BCUT2D eigenvalue weighted by Crippen LogP contribution is 2.17. The van der Waals surface area contributed by atoms with Gasteiger partial charge in [-0.3, -0.25) is 4.79 Å². The minimum Gasteiger partial charge on any atom is -0.468 e. The molecule has 1 N–H and O–H groups in total. The molecule has 0 radical (unpaired) electrons. The van der Waals surface area contributed by atoms with Crippen molar-refractivity contribution in [2.45, 2.75) is 31.2 Å². The summed E-state index contributed by atoms with van der Waals surface area (Å²) < 4.78 is 32.2. The second kappa shape index (κ2) is 7.19. The van der Waals surface area contributed by atoms with E-state index >= 15 is 0 Å². The van der Waals surface area contributed by atoms with E-state index in [4.69, 9.17) is 0 Å². The molecule has 7 heteroatoms. The molecule has 5 nitrogen and oxygen atoms in total. The number of hydrogen-bond acceptors (Lipinski definition) is 4. The van der Waals surface area contributed by atoms with Gasteiger partial charge in [0, 0.05) is 4.47 Å². The molecule has 20 heavy (non-hydrogen) atoms. The molecule has 112 valence electrons. The van der Waals surface area contributed by atoms with Gasteiger partial charge in [0.25, 0.3) is 0 Å². The standard InChI is InChI=1S/C13H18BrNO4S/c1-9(2)7-12(13(16)19-3)15-20(17,18)11-6-4-5-10(14)8-11/h4-6,8-9,12,15H,7H2,1-3H3/t12-/m1/s1. The third-order valence-electron chi connectivity index (χ3n) is 2.60. The lowest BCUT2D eigenvalue weighted by Gasteiger charge is -2.18. The predicted octanol–water partition coefficient (Wildman–Crippen LogP) is 2.32. The molecule has 0 saturated carbocycles. The summed E-state index contributed by atoms with van der Waals surface area (Å²) in [7, 11) is -2.52. The fraction of sp³-hybridized carbons (Fsp3) is 0.462. The van der Waals surface area contributed by atoms with Crippen molar-refractivity contribution in [2.75, 3.05) is 7.11 Å². The smallest absolute Gasteiger partial charge is 0.323 e. The fourth-order valence-corrected chi connectivity index (χ4v) is 3.49. The number of nitrogens with one attached hydrogen (secondary N) is 1. The summed E-state index contributed by atoms with van der Waals surface area (Å²) in [5.74, 6) is -0.429. The fourth-order valence-electron chi connectivity index (χ4n) is 1.70. The number of benzene rings is 1. The zero-order valence-corrected chi connectivity index (χ0v) is 14.0. The number of halogens is 1. The molecular weight excluding hydrogens is 346 g/mol. The number of esters is 1. The van der Waals surface area contributed by atoms with Crippen molar-refractivity contribution in [3.8, 4) is 0 Å². The lowest BCUT2D eigenvalue weighted by molar-refractivity contribution is -0.143. The third kappa shape index (κ3) is 4.88. The first-order valence-corrected chi connectivity index (χ1v) is 8.39. The number of carbonyl (C=O) groups is 1. The van der Waals surface area contributed by atoms with Gasteiger partial charge in [0.1, 0.15) is 6.04 Å². The van der Waals surface area contributed by atoms with Gasteiger partial charge in [0.05, 0.1) is 12.0 Å². The lowest BCUT2D eigenvalue weighted by atomic mass is 10.1. The molecular formula is C13H18BrNO4S. The van der Waals surface area contributed by atoms with E-state index in [-0.39, 0.29) is 10.8 Å². The highest BCUT2D eigenvalue weighted by Gasteiger charge is 2.27. The Hall–Kier alpha value is -0.920. The molecule has 1 atom stereocenters. The molecule has 1 aromatic rings. The molecule has 0 aromatic heterocycles. The maximum absolute atomic E-state index is 12.3. The van der Waals surface area contributed by atoms with Crippen LogP contribution in [0.2, 0.25) is 0 Å². The Kier molecular flexibility index (Phi) is 6.16. The topological polar surface area (TPSA) is 72.5 Å². The van der Waals surface area contributed by atoms with Crippen LogP contribution in [0.4, 0.5) is 0 Å². The van der Waals surface area contributed by atoms with Crippen molar-refractivity contribution in [2.24, 2.45) is 5.92 Å². The average molecular weight is 364 g/mol. The van der Waals surface area contributed by atoms with Gasteiger partial charge in [-0.1, -0.05) is 35.8 Å². The summed E-state index contributed by atoms with van der Waals surface area (Å²) in [6.07, 6.45) is 0.375. The molecule has 0 heterocycles. The summed E-state index contributed by atoms with van der Waals surface area (Å²) in [5.41, 5.74) is 0. The van der Waals surface area contributed by atoms with Crippen molar-refractivity contribution >= 4 is 31.9 Å². The molecule has 1 rings (SSSR count). The van der Waals surface area contributed by atoms with Crippen LogP contribution in [0.1, 0.15) is 20.3 Å². The number of hydrogen-bond donors (Lipinski definition) is 1. The zero-order chi connectivity index (χ0) is 15.3. The Balaban J connectivity index is 2.99. The molecule has 0 bridgehead atoms. The third-order valence-corrected chi connectivity index (χ3v) is 4.56. The number of carbonyl (C=O) groups excluding carboxylic acids is 1. The quantitative estimate of drug-likeness (QED) is 0.787. The number of methoxy groups -OCH3 is 1. The number of sulfonamides is 1. The SMILES string of the molecule is COC(=O)[C@@H](CC(C)C)NS(=O)(=O)c1cccc(Br)c1. The van der Waals surface area contributed by atoms with Crippen molar-refractivity contribution < 1.29 is 17.9 Å². The van der Waals surface area contributed by atoms with Gasteiger partial charge in [-0.15, -0.1) is 0 Å². The van der Waals surface area contributed by atoms with Crippen LogP contribution in [0.25, 0.3) is 0 Å². The van der Waals surface area contributed by atoms with E-state index in [2.05, 4.69) is 25.4 Å². The Bertz CT molecular complexity index is 571. The monoisotopic (exact) mass is 363 g/mol. The van der Waals surface area contributed by atoms with Crippen LogP contribution in [0, 0.1) is 5.92 Å². The first kappa shape index (κ1) is 17.1. The van der Waals surface area contributed by atoms with E-state index in [1.165, 1.54) is 19.2 Å². The summed E-state index contributed by atoms with van der Waals surface area (Å²) in [5, 5.41) is 0. The van der Waals surface area contributed by atoms with Crippen LogP contribution < -0.4 is 4.72 Å². The second-order valence-corrected chi connectivity index (χ2v) is 7.41. The second-order valence-electron chi connectivity index (χ2n) is 4.78. The molecule has 0 saturated heterocycles. The van der Waals surface area contributed by atoms with Crippen LogP contribution in [-0.4, -0.2) is 27.5 Å². The predicted molar refractivity (Wildman–Crippen MR) is 79.7 cm³/mol. The molecule has 0 aliphatic heterocycles. The number of rotatable bonds is 6. The molecule has 1 aromatic carbocycles. The van der Waals surface area contributed by atoms with Crippen molar-refractivity contribution in [3.63, 3.8) is 0 Å². The van der Waals surface area contributed by atoms with E-state index in [1.54, 1.807) is 12.1 Å². The Morgan fingerprint density at radius 3 is 2.55 bits per heavy atom. The van der Waals surface area contributed by atoms with Gasteiger partial charge in [-0.05, 0) is 30.5 Å². The van der Waals surface area contributed by atoms with Crippen LogP contribution in [0.5, 0.6) is 0 Å². The van der Waals surface area contributed by atoms with E-state index < -0.39 is 22.0 Å². The van der Waals surface area contributed by atoms with E-state index in [0.29, 0.717) is 10.9 Å². The number of ether oxygens (including phenoxy) is 1. The van der Waals surface area contributed by atoms with Crippen molar-refractivity contribution in [1.82, 2.24) is 4.72 Å². The normalized spacial score (nSPS) is 13.2. The average Bonchev–Trinajstić information content (AvgIpc) is 2.36. The molecule has 0 aliphatic carbocycles. The van der Waals surface area contributed by atoms with Gasteiger partial charge in [0.2, 0.25) is 10.0 Å². The van der Waals surface area contributed by atoms with Crippen molar-refractivity contribution in [3.05, 3.63) is 28.7 Å².